The van der Waals surface area contributed by atoms with Crippen LogP contribution in [0.25, 0.3) is 0 Å². The molecule has 2 heteroatoms. The molecule has 0 aliphatic rings. The van der Waals surface area contributed by atoms with Crippen LogP contribution in [-0.2, 0) is 0 Å². The third kappa shape index (κ3) is 4.02. The van der Waals surface area contributed by atoms with Crippen molar-refractivity contribution in [3.63, 3.8) is 0 Å². The SMILES string of the molecule is COc1ccc(C(C)CCC(C)N)cc1C(C)C. The smallest absolute Gasteiger partial charge is 0.122 e. The molecule has 0 heterocycles. The lowest BCUT2D eigenvalue weighted by Crippen LogP contribution is -2.15. The average molecular weight is 249 g/mol. The molecule has 0 spiro atoms. The van der Waals surface area contributed by atoms with Crippen molar-refractivity contribution >= 4 is 0 Å². The Morgan fingerprint density at radius 2 is 1.78 bits per heavy atom. The van der Waals surface area contributed by atoms with E-state index in [4.69, 9.17) is 10.5 Å². The molecule has 0 fully saturated rings. The first kappa shape index (κ1) is 15.0. The summed E-state index contributed by atoms with van der Waals surface area (Å²) in [6, 6.07) is 6.84. The standard InChI is InChI=1S/C16H27NO/c1-11(2)15-10-14(8-9-16(15)18-5)12(3)6-7-13(4)17/h8-13H,6-7,17H2,1-5H3. The summed E-state index contributed by atoms with van der Waals surface area (Å²) in [7, 11) is 1.74. The van der Waals surface area contributed by atoms with Gasteiger partial charge in [-0.2, -0.15) is 0 Å². The van der Waals surface area contributed by atoms with E-state index >= 15 is 0 Å². The van der Waals surface area contributed by atoms with Gasteiger partial charge in [-0.3, -0.25) is 0 Å². The Bertz CT molecular complexity index is 371. The monoisotopic (exact) mass is 249 g/mol. The number of hydrogen-bond acceptors (Lipinski definition) is 2. The second-order valence-corrected chi connectivity index (χ2v) is 5.61. The zero-order valence-electron chi connectivity index (χ0n) is 12.4. The molecule has 0 amide bonds. The zero-order chi connectivity index (χ0) is 13.7. The molecule has 1 aromatic carbocycles. The van der Waals surface area contributed by atoms with Gasteiger partial charge in [0.25, 0.3) is 0 Å². The summed E-state index contributed by atoms with van der Waals surface area (Å²) >= 11 is 0. The molecule has 0 bridgehead atoms. The molecule has 1 aromatic rings. The van der Waals surface area contributed by atoms with Crippen molar-refractivity contribution in [2.24, 2.45) is 5.73 Å². The molecule has 2 nitrogen and oxygen atoms in total. The fraction of sp³-hybridized carbons (Fsp3) is 0.625. The molecule has 102 valence electrons. The van der Waals surface area contributed by atoms with Crippen molar-refractivity contribution < 1.29 is 4.74 Å². The van der Waals surface area contributed by atoms with Crippen LogP contribution < -0.4 is 10.5 Å². The third-order valence-corrected chi connectivity index (χ3v) is 3.50. The Morgan fingerprint density at radius 1 is 1.11 bits per heavy atom. The number of hydrogen-bond donors (Lipinski definition) is 1. The molecular weight excluding hydrogens is 222 g/mol. The topological polar surface area (TPSA) is 35.2 Å². The van der Waals surface area contributed by atoms with E-state index in [1.807, 2.05) is 0 Å². The number of methoxy groups -OCH3 is 1. The van der Waals surface area contributed by atoms with Crippen molar-refractivity contribution in [1.82, 2.24) is 0 Å². The van der Waals surface area contributed by atoms with Crippen molar-refractivity contribution in [3.05, 3.63) is 29.3 Å². The number of benzene rings is 1. The van der Waals surface area contributed by atoms with Gasteiger partial charge in [0.15, 0.2) is 0 Å². The first-order valence-electron chi connectivity index (χ1n) is 6.89. The van der Waals surface area contributed by atoms with Crippen molar-refractivity contribution in [2.75, 3.05) is 7.11 Å². The van der Waals surface area contributed by atoms with E-state index in [0.29, 0.717) is 11.8 Å². The second-order valence-electron chi connectivity index (χ2n) is 5.61. The Kier molecular flexibility index (Phi) is 5.67. The molecule has 0 radical (unpaired) electrons. The minimum Gasteiger partial charge on any atom is -0.496 e. The van der Waals surface area contributed by atoms with E-state index in [1.54, 1.807) is 7.11 Å². The summed E-state index contributed by atoms with van der Waals surface area (Å²) in [4.78, 5) is 0. The van der Waals surface area contributed by atoms with Crippen molar-refractivity contribution in [2.45, 2.75) is 58.4 Å². The fourth-order valence-corrected chi connectivity index (χ4v) is 2.19. The predicted octanol–water partition coefficient (Wildman–Crippen LogP) is 4.05. The highest BCUT2D eigenvalue weighted by Crippen LogP contribution is 2.31. The van der Waals surface area contributed by atoms with Gasteiger partial charge in [0.1, 0.15) is 5.75 Å². The van der Waals surface area contributed by atoms with Crippen LogP contribution in [-0.4, -0.2) is 13.2 Å². The molecule has 0 aliphatic heterocycles. The maximum atomic E-state index is 5.82. The van der Waals surface area contributed by atoms with E-state index < -0.39 is 0 Å². The first-order chi connectivity index (χ1) is 8.45. The highest BCUT2D eigenvalue weighted by molar-refractivity contribution is 5.40. The molecule has 2 atom stereocenters. The molecule has 18 heavy (non-hydrogen) atoms. The predicted molar refractivity (Wildman–Crippen MR) is 78.4 cm³/mol. The summed E-state index contributed by atoms with van der Waals surface area (Å²) < 4.78 is 5.42. The lowest BCUT2D eigenvalue weighted by molar-refractivity contribution is 0.407. The molecule has 0 aliphatic carbocycles. The van der Waals surface area contributed by atoms with E-state index in [0.717, 1.165) is 18.6 Å². The van der Waals surface area contributed by atoms with E-state index in [2.05, 4.69) is 45.9 Å². The van der Waals surface area contributed by atoms with Crippen LogP contribution in [0.5, 0.6) is 5.75 Å². The molecule has 1 rings (SSSR count). The highest BCUT2D eigenvalue weighted by Gasteiger charge is 2.12. The van der Waals surface area contributed by atoms with E-state index in [1.165, 1.54) is 11.1 Å². The Morgan fingerprint density at radius 3 is 2.28 bits per heavy atom. The maximum Gasteiger partial charge on any atom is 0.122 e. The summed E-state index contributed by atoms with van der Waals surface area (Å²) in [6.45, 7) is 8.75. The van der Waals surface area contributed by atoms with E-state index in [-0.39, 0.29) is 6.04 Å². The maximum absolute atomic E-state index is 5.82. The van der Waals surface area contributed by atoms with Gasteiger partial charge in [0.2, 0.25) is 0 Å². The van der Waals surface area contributed by atoms with Gasteiger partial charge < -0.3 is 10.5 Å². The van der Waals surface area contributed by atoms with Crippen molar-refractivity contribution in [3.8, 4) is 5.75 Å². The van der Waals surface area contributed by atoms with Crippen LogP contribution in [0.1, 0.15) is 63.5 Å². The fourth-order valence-electron chi connectivity index (χ4n) is 2.19. The first-order valence-corrected chi connectivity index (χ1v) is 6.89. The molecule has 0 aromatic heterocycles. The van der Waals surface area contributed by atoms with E-state index in [9.17, 15) is 0 Å². The third-order valence-electron chi connectivity index (χ3n) is 3.50. The van der Waals surface area contributed by atoms with Crippen LogP contribution >= 0.6 is 0 Å². The van der Waals surface area contributed by atoms with Gasteiger partial charge >= 0.3 is 0 Å². The molecular formula is C16H27NO. The molecule has 2 unspecified atom stereocenters. The van der Waals surface area contributed by atoms with Crippen molar-refractivity contribution in [1.29, 1.82) is 0 Å². The van der Waals surface area contributed by atoms with Gasteiger partial charge in [0, 0.05) is 6.04 Å². The number of nitrogens with two attached hydrogens (primary N) is 1. The Balaban J connectivity index is 2.86. The number of ether oxygens (including phenoxy) is 1. The van der Waals surface area contributed by atoms with Crippen LogP contribution in [0.2, 0.25) is 0 Å². The summed E-state index contributed by atoms with van der Waals surface area (Å²) in [5.74, 6) is 2.04. The highest BCUT2D eigenvalue weighted by atomic mass is 16.5. The van der Waals surface area contributed by atoms with Crippen LogP contribution in [0.4, 0.5) is 0 Å². The van der Waals surface area contributed by atoms with Gasteiger partial charge in [-0.05, 0) is 48.8 Å². The normalized spacial score (nSPS) is 14.6. The largest absolute Gasteiger partial charge is 0.496 e. The van der Waals surface area contributed by atoms with Gasteiger partial charge in [-0.1, -0.05) is 32.9 Å². The zero-order valence-corrected chi connectivity index (χ0v) is 12.4. The quantitative estimate of drug-likeness (QED) is 0.825. The Hall–Kier alpha value is -1.02. The lowest BCUT2D eigenvalue weighted by atomic mass is 9.91. The lowest BCUT2D eigenvalue weighted by Gasteiger charge is -2.18. The number of rotatable bonds is 6. The molecule has 2 N–H and O–H groups in total. The minimum atomic E-state index is 0.287. The van der Waals surface area contributed by atoms with Gasteiger partial charge in [-0.15, -0.1) is 0 Å². The van der Waals surface area contributed by atoms with Crippen LogP contribution in [0, 0.1) is 0 Å². The van der Waals surface area contributed by atoms with Crippen LogP contribution in [0.3, 0.4) is 0 Å². The average Bonchev–Trinajstić information content (AvgIpc) is 2.34. The molecule has 0 saturated heterocycles. The summed E-state index contributed by atoms with van der Waals surface area (Å²) in [5, 5.41) is 0. The summed E-state index contributed by atoms with van der Waals surface area (Å²) in [5.41, 5.74) is 8.51. The Labute approximate surface area is 112 Å². The van der Waals surface area contributed by atoms with Gasteiger partial charge in [0.05, 0.1) is 7.11 Å². The minimum absolute atomic E-state index is 0.287. The second kappa shape index (κ2) is 6.79. The van der Waals surface area contributed by atoms with Crippen LogP contribution in [0.15, 0.2) is 18.2 Å². The molecule has 0 saturated carbocycles. The van der Waals surface area contributed by atoms with Gasteiger partial charge in [-0.25, -0.2) is 0 Å². The summed E-state index contributed by atoms with van der Waals surface area (Å²) in [6.07, 6.45) is 2.21.